The molecule has 0 aromatic heterocycles. The maximum atomic E-state index is 3.52. The predicted molar refractivity (Wildman–Crippen MR) is 75.8 cm³/mol. The molecule has 17 heavy (non-hydrogen) atoms. The highest BCUT2D eigenvalue weighted by atomic mass is 79.9. The van der Waals surface area contributed by atoms with Crippen molar-refractivity contribution in [2.24, 2.45) is 0 Å². The molecule has 0 bridgehead atoms. The van der Waals surface area contributed by atoms with Crippen LogP contribution in [0.25, 0.3) is 0 Å². The van der Waals surface area contributed by atoms with Crippen LogP contribution in [0.15, 0.2) is 59.1 Å². The second kappa shape index (κ2) is 5.99. The molecule has 0 saturated carbocycles. The van der Waals surface area contributed by atoms with Crippen LogP contribution in [0.3, 0.4) is 0 Å². The summed E-state index contributed by atoms with van der Waals surface area (Å²) in [7, 11) is 0. The quantitative estimate of drug-likeness (QED) is 0.885. The van der Waals surface area contributed by atoms with Gasteiger partial charge < -0.3 is 5.32 Å². The van der Waals surface area contributed by atoms with E-state index in [9.17, 15) is 0 Å². The topological polar surface area (TPSA) is 12.0 Å². The SMILES string of the molecule is CC(NCc1cccc(Br)c1)c1ccccc1. The van der Waals surface area contributed by atoms with Crippen molar-refractivity contribution in [3.8, 4) is 0 Å². The molecule has 2 aromatic rings. The van der Waals surface area contributed by atoms with Crippen molar-refractivity contribution in [2.75, 3.05) is 0 Å². The fraction of sp³-hybridized carbons (Fsp3) is 0.200. The Morgan fingerprint density at radius 3 is 2.53 bits per heavy atom. The third-order valence-corrected chi connectivity index (χ3v) is 3.29. The normalized spacial score (nSPS) is 12.4. The van der Waals surface area contributed by atoms with Gasteiger partial charge in [-0.05, 0) is 30.2 Å². The van der Waals surface area contributed by atoms with Crippen molar-refractivity contribution in [1.82, 2.24) is 5.32 Å². The van der Waals surface area contributed by atoms with E-state index in [-0.39, 0.29) is 0 Å². The number of benzene rings is 2. The average molecular weight is 290 g/mol. The molecule has 0 aliphatic carbocycles. The fourth-order valence-electron chi connectivity index (χ4n) is 1.78. The minimum absolute atomic E-state index is 0.371. The van der Waals surface area contributed by atoms with E-state index in [0.717, 1.165) is 11.0 Å². The first kappa shape index (κ1) is 12.3. The van der Waals surface area contributed by atoms with Crippen LogP contribution in [0.1, 0.15) is 24.1 Å². The van der Waals surface area contributed by atoms with Gasteiger partial charge in [0, 0.05) is 17.1 Å². The Balaban J connectivity index is 1.95. The molecule has 2 rings (SSSR count). The van der Waals surface area contributed by atoms with Crippen LogP contribution in [0, 0.1) is 0 Å². The molecule has 2 heteroatoms. The van der Waals surface area contributed by atoms with Gasteiger partial charge in [0.2, 0.25) is 0 Å². The molecule has 0 fully saturated rings. The molecule has 1 N–H and O–H groups in total. The first-order valence-electron chi connectivity index (χ1n) is 5.78. The predicted octanol–water partition coefficient (Wildman–Crippen LogP) is 4.30. The van der Waals surface area contributed by atoms with Crippen molar-refractivity contribution in [2.45, 2.75) is 19.5 Å². The van der Waals surface area contributed by atoms with Crippen LogP contribution in [0.4, 0.5) is 0 Å². The number of halogens is 1. The molecule has 0 amide bonds. The van der Waals surface area contributed by atoms with Crippen molar-refractivity contribution in [3.05, 3.63) is 70.2 Å². The van der Waals surface area contributed by atoms with Crippen molar-refractivity contribution in [3.63, 3.8) is 0 Å². The molecule has 0 spiro atoms. The van der Waals surface area contributed by atoms with Gasteiger partial charge in [0.15, 0.2) is 0 Å². The Morgan fingerprint density at radius 2 is 1.82 bits per heavy atom. The smallest absolute Gasteiger partial charge is 0.0294 e. The molecule has 1 unspecified atom stereocenters. The largest absolute Gasteiger partial charge is 0.306 e. The lowest BCUT2D eigenvalue weighted by Crippen LogP contribution is -2.17. The summed E-state index contributed by atoms with van der Waals surface area (Å²) in [6.45, 7) is 3.07. The van der Waals surface area contributed by atoms with Crippen LogP contribution in [-0.2, 0) is 6.54 Å². The van der Waals surface area contributed by atoms with E-state index in [4.69, 9.17) is 0 Å². The van der Waals surface area contributed by atoms with E-state index in [1.807, 2.05) is 12.1 Å². The van der Waals surface area contributed by atoms with E-state index in [1.165, 1.54) is 11.1 Å². The molecule has 0 saturated heterocycles. The van der Waals surface area contributed by atoms with Gasteiger partial charge in [0.25, 0.3) is 0 Å². The molecule has 0 heterocycles. The molecule has 0 aliphatic rings. The molecule has 0 aliphatic heterocycles. The summed E-state index contributed by atoms with van der Waals surface area (Å²) in [5.74, 6) is 0. The summed E-state index contributed by atoms with van der Waals surface area (Å²) < 4.78 is 1.13. The van der Waals surface area contributed by atoms with Crippen LogP contribution in [0.2, 0.25) is 0 Å². The minimum Gasteiger partial charge on any atom is -0.306 e. The summed E-state index contributed by atoms with van der Waals surface area (Å²) in [5.41, 5.74) is 2.62. The van der Waals surface area contributed by atoms with Gasteiger partial charge in [-0.3, -0.25) is 0 Å². The van der Waals surface area contributed by atoms with Crippen molar-refractivity contribution >= 4 is 15.9 Å². The van der Waals surface area contributed by atoms with Crippen LogP contribution in [0.5, 0.6) is 0 Å². The summed E-state index contributed by atoms with van der Waals surface area (Å²) in [6.07, 6.45) is 0. The Labute approximate surface area is 111 Å². The highest BCUT2D eigenvalue weighted by Crippen LogP contribution is 2.14. The average Bonchev–Trinajstić information content (AvgIpc) is 2.37. The third kappa shape index (κ3) is 3.69. The summed E-state index contributed by atoms with van der Waals surface area (Å²) in [4.78, 5) is 0. The molecular weight excluding hydrogens is 274 g/mol. The van der Waals surface area contributed by atoms with Gasteiger partial charge in [-0.25, -0.2) is 0 Å². The van der Waals surface area contributed by atoms with Crippen LogP contribution < -0.4 is 5.32 Å². The van der Waals surface area contributed by atoms with Gasteiger partial charge in [0.05, 0.1) is 0 Å². The van der Waals surface area contributed by atoms with Crippen molar-refractivity contribution < 1.29 is 0 Å². The molecule has 0 radical (unpaired) electrons. The minimum atomic E-state index is 0.371. The Bertz CT molecular complexity index is 467. The Morgan fingerprint density at radius 1 is 1.06 bits per heavy atom. The zero-order valence-corrected chi connectivity index (χ0v) is 11.4. The second-order valence-electron chi connectivity index (χ2n) is 4.14. The first-order chi connectivity index (χ1) is 8.25. The lowest BCUT2D eigenvalue weighted by molar-refractivity contribution is 0.574. The van der Waals surface area contributed by atoms with Gasteiger partial charge in [-0.2, -0.15) is 0 Å². The molecule has 88 valence electrons. The number of rotatable bonds is 4. The highest BCUT2D eigenvalue weighted by molar-refractivity contribution is 9.10. The zero-order valence-electron chi connectivity index (χ0n) is 9.86. The maximum Gasteiger partial charge on any atom is 0.0294 e. The third-order valence-electron chi connectivity index (χ3n) is 2.80. The van der Waals surface area contributed by atoms with E-state index >= 15 is 0 Å². The molecule has 1 atom stereocenters. The second-order valence-corrected chi connectivity index (χ2v) is 5.06. The van der Waals surface area contributed by atoms with Crippen LogP contribution >= 0.6 is 15.9 Å². The van der Waals surface area contributed by atoms with Gasteiger partial charge in [0.1, 0.15) is 0 Å². The highest BCUT2D eigenvalue weighted by Gasteiger charge is 2.03. The number of nitrogens with one attached hydrogen (secondary N) is 1. The van der Waals surface area contributed by atoms with Gasteiger partial charge in [-0.1, -0.05) is 58.4 Å². The Hall–Kier alpha value is -1.12. The maximum absolute atomic E-state index is 3.52. The number of hydrogen-bond donors (Lipinski definition) is 1. The van der Waals surface area contributed by atoms with Crippen LogP contribution in [-0.4, -0.2) is 0 Å². The Kier molecular flexibility index (Phi) is 4.35. The van der Waals surface area contributed by atoms with E-state index in [2.05, 4.69) is 70.6 Å². The van der Waals surface area contributed by atoms with Gasteiger partial charge in [-0.15, -0.1) is 0 Å². The number of hydrogen-bond acceptors (Lipinski definition) is 1. The monoisotopic (exact) mass is 289 g/mol. The standard InChI is InChI=1S/C15H16BrN/c1-12(14-7-3-2-4-8-14)17-11-13-6-5-9-15(16)10-13/h2-10,12,17H,11H2,1H3. The first-order valence-corrected chi connectivity index (χ1v) is 6.58. The van der Waals surface area contributed by atoms with E-state index in [1.54, 1.807) is 0 Å². The molecule has 2 aromatic carbocycles. The zero-order chi connectivity index (χ0) is 12.1. The summed E-state index contributed by atoms with van der Waals surface area (Å²) in [6, 6.07) is 19.3. The lowest BCUT2D eigenvalue weighted by Gasteiger charge is -2.14. The molecular formula is C15H16BrN. The fourth-order valence-corrected chi connectivity index (χ4v) is 2.22. The van der Waals surface area contributed by atoms with Crippen molar-refractivity contribution in [1.29, 1.82) is 0 Å². The molecule has 1 nitrogen and oxygen atoms in total. The van der Waals surface area contributed by atoms with E-state index < -0.39 is 0 Å². The van der Waals surface area contributed by atoms with E-state index in [0.29, 0.717) is 6.04 Å². The summed E-state index contributed by atoms with van der Waals surface area (Å²) in [5, 5.41) is 3.52. The summed E-state index contributed by atoms with van der Waals surface area (Å²) >= 11 is 3.49. The lowest BCUT2D eigenvalue weighted by atomic mass is 10.1. The van der Waals surface area contributed by atoms with Gasteiger partial charge >= 0.3 is 0 Å².